The first-order valence-electron chi connectivity index (χ1n) is 10.2. The minimum atomic E-state index is -0.308. The fourth-order valence-corrected chi connectivity index (χ4v) is 3.57. The lowest BCUT2D eigenvalue weighted by Gasteiger charge is -2.20. The molecule has 1 amide bonds. The summed E-state index contributed by atoms with van der Waals surface area (Å²) in [5, 5.41) is 13.6. The first-order valence-corrected chi connectivity index (χ1v) is 10.2. The predicted octanol–water partition coefficient (Wildman–Crippen LogP) is 4.39. The van der Waals surface area contributed by atoms with Crippen LogP contribution in [-0.2, 0) is 4.79 Å². The topological polar surface area (TPSA) is 94.0 Å². The summed E-state index contributed by atoms with van der Waals surface area (Å²) in [5.74, 6) is 1.41. The number of benzene rings is 2. The normalized spacial score (nSPS) is 15.6. The van der Waals surface area contributed by atoms with Gasteiger partial charge in [-0.3, -0.25) is 4.79 Å². The molecule has 1 unspecified atom stereocenters. The van der Waals surface area contributed by atoms with Gasteiger partial charge in [0.2, 0.25) is 12.3 Å². The molecule has 1 atom stereocenters. The summed E-state index contributed by atoms with van der Waals surface area (Å²) in [5.41, 5.74) is 3.76. The zero-order valence-electron chi connectivity index (χ0n) is 17.3. The molecular weight excluding hydrogens is 408 g/mol. The van der Waals surface area contributed by atoms with Crippen molar-refractivity contribution in [1.29, 1.82) is 0 Å². The van der Waals surface area contributed by atoms with Crippen LogP contribution in [0.1, 0.15) is 29.3 Å². The number of carbonyl (C=O) groups is 1. The Balaban J connectivity index is 1.31. The van der Waals surface area contributed by atoms with Crippen molar-refractivity contribution in [3.63, 3.8) is 0 Å². The zero-order chi connectivity index (χ0) is 21.9. The molecule has 1 aliphatic heterocycles. The quantitative estimate of drug-likeness (QED) is 0.452. The molecular formula is C24H20N4O4. The van der Waals surface area contributed by atoms with E-state index in [1.54, 1.807) is 30.5 Å². The van der Waals surface area contributed by atoms with Gasteiger partial charge in [0.25, 0.3) is 5.91 Å². The summed E-state index contributed by atoms with van der Waals surface area (Å²) in [6.07, 6.45) is 3.44. The summed E-state index contributed by atoms with van der Waals surface area (Å²) in [6, 6.07) is 18.5. The molecule has 32 heavy (non-hydrogen) atoms. The smallest absolute Gasteiger partial charge is 0.281 e. The van der Waals surface area contributed by atoms with E-state index >= 15 is 0 Å². The van der Waals surface area contributed by atoms with Crippen molar-refractivity contribution >= 4 is 11.6 Å². The van der Waals surface area contributed by atoms with Crippen molar-refractivity contribution in [3.8, 4) is 17.2 Å². The predicted molar refractivity (Wildman–Crippen MR) is 116 cm³/mol. The van der Waals surface area contributed by atoms with E-state index in [-0.39, 0.29) is 18.6 Å². The van der Waals surface area contributed by atoms with E-state index in [1.165, 1.54) is 17.0 Å². The number of ether oxygens (including phenoxy) is 1. The number of hydrogen-bond donors (Lipinski definition) is 0. The van der Waals surface area contributed by atoms with Crippen molar-refractivity contribution in [2.45, 2.75) is 19.4 Å². The van der Waals surface area contributed by atoms with E-state index < -0.39 is 0 Å². The van der Waals surface area contributed by atoms with Gasteiger partial charge in [-0.25, -0.2) is 5.01 Å². The summed E-state index contributed by atoms with van der Waals surface area (Å²) >= 11 is 0. The van der Waals surface area contributed by atoms with Crippen LogP contribution < -0.4 is 4.74 Å². The third kappa shape index (κ3) is 4.02. The van der Waals surface area contributed by atoms with E-state index in [2.05, 4.69) is 15.3 Å². The maximum absolute atomic E-state index is 13.0. The molecule has 4 aromatic rings. The van der Waals surface area contributed by atoms with Crippen LogP contribution in [0.4, 0.5) is 0 Å². The van der Waals surface area contributed by atoms with Gasteiger partial charge >= 0.3 is 0 Å². The third-order valence-corrected chi connectivity index (χ3v) is 5.25. The number of hydrazone groups is 1. The van der Waals surface area contributed by atoms with E-state index in [0.29, 0.717) is 23.8 Å². The third-order valence-electron chi connectivity index (χ3n) is 5.25. The second-order valence-corrected chi connectivity index (χ2v) is 7.44. The molecule has 8 heteroatoms. The molecule has 0 bridgehead atoms. The SMILES string of the molecule is Cc1ccc(C2=NN(C(=O)COc3ccc(-c4nnco4)cc3)C(c3ccco3)C2)cc1. The van der Waals surface area contributed by atoms with Crippen LogP contribution in [0.25, 0.3) is 11.5 Å². The molecule has 2 aromatic carbocycles. The van der Waals surface area contributed by atoms with Crippen molar-refractivity contribution in [3.05, 3.63) is 90.2 Å². The summed E-state index contributed by atoms with van der Waals surface area (Å²) < 4.78 is 16.5. The molecule has 0 fully saturated rings. The Morgan fingerprint density at radius 2 is 1.84 bits per heavy atom. The molecule has 160 valence electrons. The lowest BCUT2D eigenvalue weighted by Crippen LogP contribution is -2.31. The zero-order valence-corrected chi connectivity index (χ0v) is 17.3. The highest BCUT2D eigenvalue weighted by Crippen LogP contribution is 2.33. The second-order valence-electron chi connectivity index (χ2n) is 7.44. The lowest BCUT2D eigenvalue weighted by molar-refractivity contribution is -0.135. The van der Waals surface area contributed by atoms with Crippen LogP contribution >= 0.6 is 0 Å². The monoisotopic (exact) mass is 428 g/mol. The summed E-state index contributed by atoms with van der Waals surface area (Å²) in [4.78, 5) is 13.0. The van der Waals surface area contributed by atoms with Gasteiger partial charge in [-0.05, 0) is 48.9 Å². The number of carbonyl (C=O) groups excluding carboxylic acids is 1. The Morgan fingerprint density at radius 1 is 1.06 bits per heavy atom. The number of rotatable bonds is 6. The Hall–Kier alpha value is -4.20. The standard InChI is InChI=1S/C24H20N4O4/c1-16-4-6-17(7-5-16)20-13-21(22-3-2-12-30-22)28(27-20)23(29)14-31-19-10-8-18(9-11-19)24-26-25-15-32-24/h2-12,15,21H,13-14H2,1H3. The van der Waals surface area contributed by atoms with Crippen molar-refractivity contribution < 1.29 is 18.4 Å². The van der Waals surface area contributed by atoms with Crippen LogP contribution in [-0.4, -0.2) is 33.4 Å². The minimum Gasteiger partial charge on any atom is -0.484 e. The van der Waals surface area contributed by atoms with E-state index in [1.807, 2.05) is 43.3 Å². The summed E-state index contributed by atoms with van der Waals surface area (Å²) in [6.45, 7) is 1.88. The molecule has 0 spiro atoms. The van der Waals surface area contributed by atoms with Crippen LogP contribution in [0, 0.1) is 6.92 Å². The summed E-state index contributed by atoms with van der Waals surface area (Å²) in [7, 11) is 0. The van der Waals surface area contributed by atoms with Gasteiger partial charge in [0.15, 0.2) is 6.61 Å². The van der Waals surface area contributed by atoms with Gasteiger partial charge < -0.3 is 13.6 Å². The fraction of sp³-hybridized carbons (Fsp3) is 0.167. The largest absolute Gasteiger partial charge is 0.484 e. The molecule has 0 aliphatic carbocycles. The van der Waals surface area contributed by atoms with Gasteiger partial charge in [-0.15, -0.1) is 10.2 Å². The molecule has 0 N–H and O–H groups in total. The molecule has 0 radical (unpaired) electrons. The lowest BCUT2D eigenvalue weighted by atomic mass is 10.0. The Labute approximate surface area is 184 Å². The first-order chi connectivity index (χ1) is 15.7. The van der Waals surface area contributed by atoms with Gasteiger partial charge in [0.05, 0.1) is 12.0 Å². The second kappa shape index (κ2) is 8.50. The first kappa shape index (κ1) is 19.7. The Morgan fingerprint density at radius 3 is 2.53 bits per heavy atom. The number of amides is 1. The van der Waals surface area contributed by atoms with Gasteiger partial charge in [-0.2, -0.15) is 5.10 Å². The minimum absolute atomic E-state index is 0.151. The van der Waals surface area contributed by atoms with Crippen LogP contribution in [0.15, 0.2) is 87.3 Å². The number of aromatic nitrogens is 2. The number of furan rings is 1. The van der Waals surface area contributed by atoms with Crippen LogP contribution in [0.3, 0.4) is 0 Å². The van der Waals surface area contributed by atoms with Crippen LogP contribution in [0.2, 0.25) is 0 Å². The number of nitrogens with zero attached hydrogens (tertiary/aromatic N) is 4. The van der Waals surface area contributed by atoms with Crippen molar-refractivity contribution in [2.75, 3.05) is 6.61 Å². The Bertz CT molecular complexity index is 1210. The molecule has 1 aliphatic rings. The highest BCUT2D eigenvalue weighted by Gasteiger charge is 2.35. The van der Waals surface area contributed by atoms with Crippen molar-refractivity contribution in [1.82, 2.24) is 15.2 Å². The van der Waals surface area contributed by atoms with Crippen molar-refractivity contribution in [2.24, 2.45) is 5.10 Å². The van der Waals surface area contributed by atoms with Gasteiger partial charge in [-0.1, -0.05) is 29.8 Å². The highest BCUT2D eigenvalue weighted by atomic mass is 16.5. The van der Waals surface area contributed by atoms with Crippen LogP contribution in [0.5, 0.6) is 5.75 Å². The van der Waals surface area contributed by atoms with Gasteiger partial charge in [0.1, 0.15) is 17.6 Å². The molecule has 3 heterocycles. The molecule has 0 saturated heterocycles. The highest BCUT2D eigenvalue weighted by molar-refractivity contribution is 6.03. The average Bonchev–Trinajstić information content (AvgIpc) is 3.59. The van der Waals surface area contributed by atoms with Gasteiger partial charge in [0, 0.05) is 12.0 Å². The maximum atomic E-state index is 13.0. The fourth-order valence-electron chi connectivity index (χ4n) is 3.57. The average molecular weight is 428 g/mol. The molecule has 0 saturated carbocycles. The van der Waals surface area contributed by atoms with E-state index in [0.717, 1.165) is 16.8 Å². The maximum Gasteiger partial charge on any atom is 0.281 e. The van der Waals surface area contributed by atoms with E-state index in [4.69, 9.17) is 13.6 Å². The number of hydrogen-bond acceptors (Lipinski definition) is 7. The molecule has 2 aromatic heterocycles. The Kier molecular flexibility index (Phi) is 5.25. The molecule has 5 rings (SSSR count). The number of aryl methyl sites for hydroxylation is 1. The van der Waals surface area contributed by atoms with E-state index in [9.17, 15) is 4.79 Å². The molecule has 8 nitrogen and oxygen atoms in total.